The molecule has 2 nitrogen and oxygen atoms in total. The van der Waals surface area contributed by atoms with Gasteiger partial charge >= 0.3 is 0 Å². The van der Waals surface area contributed by atoms with Crippen LogP contribution in [-0.2, 0) is 0 Å². The van der Waals surface area contributed by atoms with E-state index in [1.54, 1.807) is 0 Å². The van der Waals surface area contributed by atoms with Gasteiger partial charge in [0.15, 0.2) is 5.82 Å². The number of rotatable bonds is 8. The molecule has 1 aliphatic carbocycles. The van der Waals surface area contributed by atoms with Crippen LogP contribution in [0, 0.1) is 0 Å². The number of nitrogens with zero attached hydrogens (tertiary/aromatic N) is 2. The van der Waals surface area contributed by atoms with Crippen LogP contribution in [0.4, 0.5) is 0 Å². The first kappa shape index (κ1) is 37.8. The fourth-order valence-electron chi connectivity index (χ4n) is 9.05. The van der Waals surface area contributed by atoms with Gasteiger partial charge in [-0.2, -0.15) is 0 Å². The molecule has 0 bridgehead atoms. The quantitative estimate of drug-likeness (QED) is 0.153. The molecule has 0 N–H and O–H groups in total. The standard InChI is InChI=1S/C61H42N2/c1-41-54-36-35-47-21-11-12-26-55(47)60(54)57(46-19-9-4-10-20-46)39-56(41)48-31-27-44(28-32-48)45-29-33-49(34-30-45)58-40-59(52-24-13-22-50(37-52)42-15-5-2-6-16-42)63-61(62-58)53-25-14-23-51(38-53)43-17-7-3-8-18-43/h2-40,56H,1H2. The molecule has 0 fully saturated rings. The Kier molecular flexibility index (Phi) is 9.80. The fourth-order valence-corrected chi connectivity index (χ4v) is 9.05. The van der Waals surface area contributed by atoms with Gasteiger partial charge in [0.1, 0.15) is 0 Å². The van der Waals surface area contributed by atoms with Gasteiger partial charge in [-0.3, -0.25) is 0 Å². The van der Waals surface area contributed by atoms with E-state index < -0.39 is 0 Å². The first-order chi connectivity index (χ1) is 31.1. The highest BCUT2D eigenvalue weighted by molar-refractivity contribution is 6.05. The minimum atomic E-state index is 0.0493. The third-order valence-corrected chi connectivity index (χ3v) is 12.3. The van der Waals surface area contributed by atoms with Gasteiger partial charge in [-0.1, -0.05) is 225 Å². The third-order valence-electron chi connectivity index (χ3n) is 12.3. The van der Waals surface area contributed by atoms with E-state index in [2.05, 4.69) is 231 Å². The zero-order valence-electron chi connectivity index (χ0n) is 34.7. The summed E-state index contributed by atoms with van der Waals surface area (Å²) in [6, 6.07) is 81.9. The highest BCUT2D eigenvalue weighted by Crippen LogP contribution is 2.47. The lowest BCUT2D eigenvalue weighted by Gasteiger charge is -2.29. The number of hydrogen-bond acceptors (Lipinski definition) is 2. The average molecular weight is 803 g/mol. The van der Waals surface area contributed by atoms with Crippen molar-refractivity contribution >= 4 is 21.9 Å². The van der Waals surface area contributed by atoms with Crippen LogP contribution in [0.15, 0.2) is 243 Å². The summed E-state index contributed by atoms with van der Waals surface area (Å²) >= 11 is 0. The summed E-state index contributed by atoms with van der Waals surface area (Å²) in [7, 11) is 0. The lowest BCUT2D eigenvalue weighted by molar-refractivity contribution is 1.09. The lowest BCUT2D eigenvalue weighted by atomic mass is 9.75. The molecule has 1 heterocycles. The number of allylic oxidation sites excluding steroid dienone is 2. The molecule has 0 amide bonds. The number of aromatic nitrogens is 2. The molecule has 10 aromatic rings. The van der Waals surface area contributed by atoms with Crippen molar-refractivity contribution in [2.45, 2.75) is 5.92 Å². The SMILES string of the molecule is C=C1c2ccc3ccccc3c2C(c2ccccc2)=CC1c1ccc(-c2ccc(-c3cc(-c4cccc(-c5ccccc5)c4)nc(-c4cccc(-c5ccccc5)c4)n3)cc2)cc1. The van der Waals surface area contributed by atoms with Crippen LogP contribution in [-0.4, -0.2) is 9.97 Å². The van der Waals surface area contributed by atoms with E-state index in [0.717, 1.165) is 61.5 Å². The predicted molar refractivity (Wildman–Crippen MR) is 264 cm³/mol. The second kappa shape index (κ2) is 16.3. The van der Waals surface area contributed by atoms with Crippen LogP contribution in [0.3, 0.4) is 0 Å². The summed E-state index contributed by atoms with van der Waals surface area (Å²) in [4.78, 5) is 10.4. The molecular formula is C61H42N2. The van der Waals surface area contributed by atoms with E-state index in [1.165, 1.54) is 44.2 Å². The Balaban J connectivity index is 0.934. The van der Waals surface area contributed by atoms with Crippen LogP contribution < -0.4 is 0 Å². The second-order valence-corrected chi connectivity index (χ2v) is 16.2. The van der Waals surface area contributed by atoms with Crippen molar-refractivity contribution in [2.24, 2.45) is 0 Å². The molecule has 63 heavy (non-hydrogen) atoms. The first-order valence-corrected chi connectivity index (χ1v) is 21.5. The molecule has 1 unspecified atom stereocenters. The highest BCUT2D eigenvalue weighted by Gasteiger charge is 2.27. The van der Waals surface area contributed by atoms with Crippen molar-refractivity contribution in [1.82, 2.24) is 9.97 Å². The Bertz CT molecular complexity index is 3210. The zero-order valence-corrected chi connectivity index (χ0v) is 34.7. The average Bonchev–Trinajstić information content (AvgIpc) is 3.37. The molecule has 296 valence electrons. The third kappa shape index (κ3) is 7.39. The van der Waals surface area contributed by atoms with Gasteiger partial charge in [0, 0.05) is 22.6 Å². The monoisotopic (exact) mass is 802 g/mol. The van der Waals surface area contributed by atoms with E-state index in [-0.39, 0.29) is 5.92 Å². The molecule has 1 aliphatic rings. The smallest absolute Gasteiger partial charge is 0.160 e. The maximum Gasteiger partial charge on any atom is 0.160 e. The zero-order chi connectivity index (χ0) is 42.1. The Labute approximate surface area is 368 Å². The maximum absolute atomic E-state index is 5.22. The van der Waals surface area contributed by atoms with Crippen LogP contribution in [0.2, 0.25) is 0 Å². The maximum atomic E-state index is 5.22. The van der Waals surface area contributed by atoms with Gasteiger partial charge in [0.2, 0.25) is 0 Å². The van der Waals surface area contributed by atoms with Crippen LogP contribution in [0.25, 0.3) is 89.2 Å². The van der Waals surface area contributed by atoms with Crippen molar-refractivity contribution in [2.75, 3.05) is 0 Å². The highest BCUT2D eigenvalue weighted by atomic mass is 14.9. The number of benzene rings is 9. The van der Waals surface area contributed by atoms with E-state index in [1.807, 2.05) is 6.07 Å². The van der Waals surface area contributed by atoms with Crippen molar-refractivity contribution < 1.29 is 0 Å². The van der Waals surface area contributed by atoms with Gasteiger partial charge in [-0.15, -0.1) is 0 Å². The number of fused-ring (bicyclic) bond motifs is 3. The normalized spacial score (nSPS) is 13.4. The lowest BCUT2D eigenvalue weighted by Crippen LogP contribution is -2.09. The van der Waals surface area contributed by atoms with Gasteiger partial charge in [0.05, 0.1) is 11.4 Å². The molecule has 1 aromatic heterocycles. The fraction of sp³-hybridized carbons (Fsp3) is 0.0164. The first-order valence-electron chi connectivity index (χ1n) is 21.5. The predicted octanol–water partition coefficient (Wildman–Crippen LogP) is 15.9. The molecule has 0 spiro atoms. The Hall–Kier alpha value is -8.20. The van der Waals surface area contributed by atoms with E-state index in [0.29, 0.717) is 5.82 Å². The minimum Gasteiger partial charge on any atom is -0.228 e. The summed E-state index contributed by atoms with van der Waals surface area (Å²) in [6.07, 6.45) is 2.41. The summed E-state index contributed by atoms with van der Waals surface area (Å²) in [5.41, 5.74) is 19.0. The molecule has 0 radical (unpaired) electrons. The van der Waals surface area contributed by atoms with Gasteiger partial charge in [0.25, 0.3) is 0 Å². The van der Waals surface area contributed by atoms with Crippen molar-refractivity contribution in [3.8, 4) is 67.3 Å². The molecule has 2 heteroatoms. The number of hydrogen-bond donors (Lipinski definition) is 0. The van der Waals surface area contributed by atoms with Crippen LogP contribution in [0.5, 0.6) is 0 Å². The van der Waals surface area contributed by atoms with E-state index >= 15 is 0 Å². The van der Waals surface area contributed by atoms with Crippen molar-refractivity contribution in [3.63, 3.8) is 0 Å². The van der Waals surface area contributed by atoms with E-state index in [4.69, 9.17) is 16.5 Å². The Morgan fingerprint density at radius 3 is 1.48 bits per heavy atom. The molecule has 11 rings (SSSR count). The van der Waals surface area contributed by atoms with Crippen molar-refractivity contribution in [3.05, 3.63) is 265 Å². The minimum absolute atomic E-state index is 0.0493. The Morgan fingerprint density at radius 1 is 0.349 bits per heavy atom. The largest absolute Gasteiger partial charge is 0.228 e. The van der Waals surface area contributed by atoms with Gasteiger partial charge in [-0.25, -0.2) is 9.97 Å². The molecular weight excluding hydrogens is 761 g/mol. The summed E-state index contributed by atoms with van der Waals surface area (Å²) in [5, 5.41) is 2.50. The summed E-state index contributed by atoms with van der Waals surface area (Å²) < 4.78 is 0. The topological polar surface area (TPSA) is 25.8 Å². The van der Waals surface area contributed by atoms with Crippen molar-refractivity contribution in [1.29, 1.82) is 0 Å². The molecule has 9 aromatic carbocycles. The molecule has 0 saturated carbocycles. The van der Waals surface area contributed by atoms with Crippen LogP contribution in [0.1, 0.15) is 28.2 Å². The summed E-state index contributed by atoms with van der Waals surface area (Å²) in [5.74, 6) is 0.739. The molecule has 0 saturated heterocycles. The summed E-state index contributed by atoms with van der Waals surface area (Å²) in [6.45, 7) is 4.70. The Morgan fingerprint density at radius 2 is 0.825 bits per heavy atom. The van der Waals surface area contributed by atoms with Gasteiger partial charge in [-0.05, 0) is 95.8 Å². The van der Waals surface area contributed by atoms with Crippen LogP contribution >= 0.6 is 0 Å². The molecule has 0 aliphatic heterocycles. The molecule has 1 atom stereocenters. The van der Waals surface area contributed by atoms with Gasteiger partial charge < -0.3 is 0 Å². The second-order valence-electron chi connectivity index (χ2n) is 16.2. The van der Waals surface area contributed by atoms with E-state index in [9.17, 15) is 0 Å².